The van der Waals surface area contributed by atoms with Gasteiger partial charge in [0.1, 0.15) is 4.88 Å². The summed E-state index contributed by atoms with van der Waals surface area (Å²) < 4.78 is 0.513. The molecule has 0 aliphatic carbocycles. The molecule has 0 fully saturated rings. The van der Waals surface area contributed by atoms with E-state index in [1.807, 2.05) is 24.3 Å². The number of para-hydroxylation sites is 2. The van der Waals surface area contributed by atoms with E-state index in [2.05, 4.69) is 19.9 Å². The minimum atomic E-state index is 0.0323. The number of rotatable bonds is 2. The molecule has 3 rings (SSSR count). The number of hydrogen-bond acceptors (Lipinski definition) is 5. The van der Waals surface area contributed by atoms with Crippen LogP contribution in [0.5, 0.6) is 5.88 Å². The Hall–Kier alpha value is -1.99. The summed E-state index contributed by atoms with van der Waals surface area (Å²) in [5, 5.41) is 9.52. The highest BCUT2D eigenvalue weighted by molar-refractivity contribution is 7.73. The van der Waals surface area contributed by atoms with Gasteiger partial charge in [0.2, 0.25) is 11.8 Å². The fraction of sp³-hybridized carbons (Fsp3) is 0. The molecule has 0 spiro atoms. The van der Waals surface area contributed by atoms with Crippen LogP contribution in [-0.4, -0.2) is 26.3 Å². The molecule has 0 amide bonds. The predicted octanol–water partition coefficient (Wildman–Crippen LogP) is 3.14. The third kappa shape index (κ3) is 2.05. The van der Waals surface area contributed by atoms with Crippen LogP contribution in [0.4, 0.5) is 5.95 Å². The molecule has 5 nitrogen and oxygen atoms in total. The van der Waals surface area contributed by atoms with Crippen molar-refractivity contribution >= 4 is 46.8 Å². The largest absolute Gasteiger partial charge is 0.494 e. The molecule has 2 heterocycles. The maximum absolute atomic E-state index is 9.52. The van der Waals surface area contributed by atoms with E-state index in [0.717, 1.165) is 11.0 Å². The number of nitrogens with zero attached hydrogens (tertiary/aromatic N) is 2. The van der Waals surface area contributed by atoms with Gasteiger partial charge in [-0.1, -0.05) is 23.5 Å². The number of imidazole rings is 1. The SMILES string of the molecule is Oc1[nH]c(=S)sc1C=Nc1nc2ccccc2[nH]1. The Labute approximate surface area is 111 Å². The van der Waals surface area contributed by atoms with Crippen molar-refractivity contribution in [2.45, 2.75) is 0 Å². The first-order chi connectivity index (χ1) is 8.72. The first-order valence-corrected chi connectivity index (χ1v) is 6.36. The highest BCUT2D eigenvalue weighted by Gasteiger charge is 2.03. The maximum Gasteiger partial charge on any atom is 0.227 e. The van der Waals surface area contributed by atoms with Gasteiger partial charge in [0, 0.05) is 0 Å². The van der Waals surface area contributed by atoms with E-state index in [0.29, 0.717) is 14.8 Å². The summed E-state index contributed by atoms with van der Waals surface area (Å²) in [5.74, 6) is 0.528. The monoisotopic (exact) mass is 276 g/mol. The molecular weight excluding hydrogens is 268 g/mol. The second-order valence-electron chi connectivity index (χ2n) is 3.56. The number of thiazole rings is 1. The van der Waals surface area contributed by atoms with Crippen molar-refractivity contribution in [3.8, 4) is 5.88 Å². The lowest BCUT2D eigenvalue weighted by Crippen LogP contribution is -1.75. The van der Waals surface area contributed by atoms with Crippen LogP contribution >= 0.6 is 23.6 Å². The zero-order chi connectivity index (χ0) is 12.5. The van der Waals surface area contributed by atoms with Gasteiger partial charge >= 0.3 is 0 Å². The van der Waals surface area contributed by atoms with Crippen LogP contribution in [0.15, 0.2) is 29.3 Å². The first kappa shape index (κ1) is 11.1. The Morgan fingerprint density at radius 2 is 2.17 bits per heavy atom. The van der Waals surface area contributed by atoms with Crippen LogP contribution in [-0.2, 0) is 0 Å². The quantitative estimate of drug-likeness (QED) is 0.497. The van der Waals surface area contributed by atoms with Gasteiger partial charge in [-0.3, -0.25) is 0 Å². The van der Waals surface area contributed by atoms with Gasteiger partial charge < -0.3 is 15.1 Å². The van der Waals surface area contributed by atoms with Crippen molar-refractivity contribution in [2.75, 3.05) is 0 Å². The van der Waals surface area contributed by atoms with Crippen LogP contribution in [0.3, 0.4) is 0 Å². The van der Waals surface area contributed by atoms with Gasteiger partial charge in [0.05, 0.1) is 17.2 Å². The summed E-state index contributed by atoms with van der Waals surface area (Å²) >= 11 is 6.18. The molecule has 0 saturated carbocycles. The van der Waals surface area contributed by atoms with Crippen molar-refractivity contribution < 1.29 is 5.11 Å². The molecule has 18 heavy (non-hydrogen) atoms. The molecule has 90 valence electrons. The number of nitrogens with one attached hydrogen (secondary N) is 2. The van der Waals surface area contributed by atoms with E-state index >= 15 is 0 Å². The number of hydrogen-bond donors (Lipinski definition) is 3. The number of benzene rings is 1. The van der Waals surface area contributed by atoms with Crippen molar-refractivity contribution in [1.82, 2.24) is 15.0 Å². The number of aliphatic imine (C=N–C) groups is 1. The van der Waals surface area contributed by atoms with Crippen LogP contribution < -0.4 is 0 Å². The molecule has 0 saturated heterocycles. The molecule has 0 bridgehead atoms. The Bertz CT molecular complexity index is 751. The average Bonchev–Trinajstić information content (AvgIpc) is 2.89. The lowest BCUT2D eigenvalue weighted by atomic mass is 10.3. The van der Waals surface area contributed by atoms with E-state index in [-0.39, 0.29) is 5.88 Å². The van der Waals surface area contributed by atoms with E-state index < -0.39 is 0 Å². The number of aromatic nitrogens is 3. The predicted molar refractivity (Wildman–Crippen MR) is 74.5 cm³/mol. The molecule has 3 aromatic rings. The van der Waals surface area contributed by atoms with Gasteiger partial charge in [0.25, 0.3) is 0 Å². The zero-order valence-electron chi connectivity index (χ0n) is 9.04. The number of aromatic amines is 2. The fourth-order valence-corrected chi connectivity index (χ4v) is 2.51. The van der Waals surface area contributed by atoms with E-state index in [9.17, 15) is 5.11 Å². The Kier molecular flexibility index (Phi) is 2.69. The van der Waals surface area contributed by atoms with Crippen LogP contribution in [0.1, 0.15) is 4.88 Å². The minimum absolute atomic E-state index is 0.0323. The average molecular weight is 276 g/mol. The molecule has 3 N–H and O–H groups in total. The summed E-state index contributed by atoms with van der Waals surface area (Å²) in [7, 11) is 0. The molecule has 0 atom stereocenters. The Morgan fingerprint density at radius 3 is 2.89 bits per heavy atom. The van der Waals surface area contributed by atoms with E-state index in [4.69, 9.17) is 12.2 Å². The van der Waals surface area contributed by atoms with E-state index in [1.165, 1.54) is 17.6 Å². The molecule has 0 unspecified atom stereocenters. The van der Waals surface area contributed by atoms with Crippen molar-refractivity contribution in [3.05, 3.63) is 33.1 Å². The van der Waals surface area contributed by atoms with Gasteiger partial charge in [-0.05, 0) is 24.4 Å². The highest BCUT2D eigenvalue weighted by Crippen LogP contribution is 2.20. The van der Waals surface area contributed by atoms with Crippen LogP contribution in [0.2, 0.25) is 0 Å². The molecule has 7 heteroatoms. The molecule has 0 radical (unpaired) electrons. The van der Waals surface area contributed by atoms with Crippen molar-refractivity contribution in [2.24, 2.45) is 4.99 Å². The smallest absolute Gasteiger partial charge is 0.227 e. The number of aromatic hydroxyl groups is 1. The second-order valence-corrected chi connectivity index (χ2v) is 5.28. The minimum Gasteiger partial charge on any atom is -0.494 e. The van der Waals surface area contributed by atoms with Crippen LogP contribution in [0, 0.1) is 3.95 Å². The number of H-pyrrole nitrogens is 2. The third-order valence-corrected chi connectivity index (χ3v) is 3.50. The topological polar surface area (TPSA) is 77.1 Å². The maximum atomic E-state index is 9.52. The molecule has 2 aromatic heterocycles. The number of fused-ring (bicyclic) bond motifs is 1. The lowest BCUT2D eigenvalue weighted by molar-refractivity contribution is 0.456. The van der Waals surface area contributed by atoms with Gasteiger partial charge in [-0.25, -0.2) is 9.98 Å². The summed E-state index contributed by atoms with van der Waals surface area (Å²) in [4.78, 5) is 14.8. The van der Waals surface area contributed by atoms with Gasteiger partial charge in [-0.15, -0.1) is 0 Å². The third-order valence-electron chi connectivity index (χ3n) is 2.34. The van der Waals surface area contributed by atoms with Crippen LogP contribution in [0.25, 0.3) is 11.0 Å². The molecule has 1 aromatic carbocycles. The summed E-state index contributed by atoms with van der Waals surface area (Å²) in [6.07, 6.45) is 1.53. The van der Waals surface area contributed by atoms with E-state index in [1.54, 1.807) is 0 Å². The normalized spacial score (nSPS) is 11.6. The molecule has 0 aliphatic rings. The van der Waals surface area contributed by atoms with Crippen molar-refractivity contribution in [1.29, 1.82) is 0 Å². The molecule has 0 aliphatic heterocycles. The zero-order valence-corrected chi connectivity index (χ0v) is 10.7. The van der Waals surface area contributed by atoms with Crippen molar-refractivity contribution in [3.63, 3.8) is 0 Å². The standard InChI is InChI=1S/C11H8N4OS2/c16-9-8(18-11(17)15-9)5-12-10-13-6-3-1-2-4-7(6)14-10/h1-5,16H,(H,13,14)(H,15,17). The lowest BCUT2D eigenvalue weighted by Gasteiger charge is -1.86. The second kappa shape index (κ2) is 4.35. The summed E-state index contributed by atoms with van der Waals surface area (Å²) in [6.45, 7) is 0. The Morgan fingerprint density at radius 1 is 1.33 bits per heavy atom. The highest BCUT2D eigenvalue weighted by atomic mass is 32.1. The Balaban J connectivity index is 1.96. The van der Waals surface area contributed by atoms with Gasteiger partial charge in [-0.2, -0.15) is 0 Å². The molecular formula is C11H8N4OS2. The fourth-order valence-electron chi connectivity index (χ4n) is 1.54. The van der Waals surface area contributed by atoms with Gasteiger partial charge in [0.15, 0.2) is 3.95 Å². The summed E-state index contributed by atoms with van der Waals surface area (Å²) in [5.41, 5.74) is 1.78. The summed E-state index contributed by atoms with van der Waals surface area (Å²) in [6, 6.07) is 7.68. The first-order valence-electron chi connectivity index (χ1n) is 5.13.